The van der Waals surface area contributed by atoms with Crippen LogP contribution in [0.2, 0.25) is 0 Å². The lowest BCUT2D eigenvalue weighted by Gasteiger charge is -2.25. The number of rotatable bonds is 5. The SMILES string of the molecule is O=C(CN[C@@H]1CCNC1)N1CCC[C@H]1OB(O)O. The van der Waals surface area contributed by atoms with Gasteiger partial charge in [-0.2, -0.15) is 0 Å². The second-order valence-electron chi connectivity index (χ2n) is 4.72. The monoisotopic (exact) mass is 257 g/mol. The molecule has 2 aliphatic rings. The first-order valence-corrected chi connectivity index (χ1v) is 6.42. The summed E-state index contributed by atoms with van der Waals surface area (Å²) in [6.45, 7) is 2.76. The van der Waals surface area contributed by atoms with Crippen LogP contribution < -0.4 is 10.6 Å². The Hall–Kier alpha value is -0.665. The first kappa shape index (κ1) is 13.8. The van der Waals surface area contributed by atoms with Gasteiger partial charge in [0.2, 0.25) is 5.91 Å². The van der Waals surface area contributed by atoms with E-state index < -0.39 is 13.5 Å². The average Bonchev–Trinajstić information content (AvgIpc) is 2.95. The molecule has 2 aliphatic heterocycles. The van der Waals surface area contributed by atoms with Crippen LogP contribution in [-0.4, -0.2) is 66.6 Å². The minimum atomic E-state index is -1.82. The standard InChI is InChI=1S/C10H20BN3O4/c15-9(7-13-8-3-4-12-6-8)14-5-1-2-10(14)18-11(16)17/h8,10,12-13,16-17H,1-7H2/t8-,10-/m1/s1. The highest BCUT2D eigenvalue weighted by Crippen LogP contribution is 2.18. The maximum absolute atomic E-state index is 12.0. The van der Waals surface area contributed by atoms with Crippen LogP contribution in [0.25, 0.3) is 0 Å². The van der Waals surface area contributed by atoms with Crippen LogP contribution in [0.4, 0.5) is 0 Å². The molecule has 18 heavy (non-hydrogen) atoms. The van der Waals surface area contributed by atoms with E-state index in [1.54, 1.807) is 4.90 Å². The van der Waals surface area contributed by atoms with Crippen molar-refractivity contribution in [1.82, 2.24) is 15.5 Å². The van der Waals surface area contributed by atoms with Crippen molar-refractivity contribution in [3.8, 4) is 0 Å². The van der Waals surface area contributed by atoms with Crippen molar-refractivity contribution in [2.45, 2.75) is 31.5 Å². The molecule has 1 amide bonds. The molecule has 2 fully saturated rings. The fourth-order valence-electron chi connectivity index (χ4n) is 2.47. The highest BCUT2D eigenvalue weighted by atomic mass is 16.6. The first-order valence-electron chi connectivity index (χ1n) is 6.42. The van der Waals surface area contributed by atoms with E-state index in [9.17, 15) is 4.79 Å². The second kappa shape index (κ2) is 6.49. The molecule has 2 saturated heterocycles. The van der Waals surface area contributed by atoms with Gasteiger partial charge in [0, 0.05) is 19.1 Å². The van der Waals surface area contributed by atoms with Gasteiger partial charge in [0.25, 0.3) is 0 Å². The minimum Gasteiger partial charge on any atom is -0.402 e. The van der Waals surface area contributed by atoms with Crippen LogP contribution in [0, 0.1) is 0 Å². The third kappa shape index (κ3) is 3.66. The molecular formula is C10H20BN3O4. The number of nitrogens with zero attached hydrogens (tertiary/aromatic N) is 1. The molecule has 8 heteroatoms. The molecule has 2 heterocycles. The van der Waals surface area contributed by atoms with Gasteiger partial charge in [0.15, 0.2) is 0 Å². The topological polar surface area (TPSA) is 94.1 Å². The van der Waals surface area contributed by atoms with Gasteiger partial charge in [-0.15, -0.1) is 0 Å². The Labute approximate surface area is 107 Å². The summed E-state index contributed by atoms with van der Waals surface area (Å²) in [7, 11) is -1.82. The summed E-state index contributed by atoms with van der Waals surface area (Å²) < 4.78 is 4.89. The molecule has 0 aliphatic carbocycles. The number of hydrogen-bond donors (Lipinski definition) is 4. The smallest absolute Gasteiger partial charge is 0.402 e. The summed E-state index contributed by atoms with van der Waals surface area (Å²) in [6.07, 6.45) is 1.99. The van der Waals surface area contributed by atoms with E-state index in [2.05, 4.69) is 10.6 Å². The summed E-state index contributed by atoms with van der Waals surface area (Å²) in [4.78, 5) is 13.6. The van der Waals surface area contributed by atoms with Gasteiger partial charge >= 0.3 is 7.32 Å². The van der Waals surface area contributed by atoms with Crippen molar-refractivity contribution >= 4 is 13.2 Å². The molecule has 0 radical (unpaired) electrons. The Kier molecular flexibility index (Phi) is 4.96. The number of amides is 1. The Bertz CT molecular complexity index is 286. The molecule has 102 valence electrons. The van der Waals surface area contributed by atoms with E-state index in [1.165, 1.54) is 0 Å². The van der Waals surface area contributed by atoms with E-state index in [-0.39, 0.29) is 12.5 Å². The largest absolute Gasteiger partial charge is 0.635 e. The Balaban J connectivity index is 1.76. The van der Waals surface area contributed by atoms with E-state index in [0.29, 0.717) is 19.0 Å². The zero-order chi connectivity index (χ0) is 13.0. The van der Waals surface area contributed by atoms with Crippen molar-refractivity contribution in [2.24, 2.45) is 0 Å². The molecule has 0 unspecified atom stereocenters. The predicted molar refractivity (Wildman–Crippen MR) is 65.3 cm³/mol. The van der Waals surface area contributed by atoms with Gasteiger partial charge in [-0.1, -0.05) is 0 Å². The van der Waals surface area contributed by atoms with Crippen LogP contribution in [0.3, 0.4) is 0 Å². The molecule has 0 spiro atoms. The van der Waals surface area contributed by atoms with E-state index in [1.807, 2.05) is 0 Å². The number of likely N-dealkylation sites (tertiary alicyclic amines) is 1. The summed E-state index contributed by atoms with van der Waals surface area (Å²) >= 11 is 0. The predicted octanol–water partition coefficient (Wildman–Crippen LogP) is -2.13. The molecule has 0 aromatic rings. The Morgan fingerprint density at radius 2 is 2.33 bits per heavy atom. The second-order valence-corrected chi connectivity index (χ2v) is 4.72. The highest BCUT2D eigenvalue weighted by molar-refractivity contribution is 6.32. The summed E-state index contributed by atoms with van der Waals surface area (Å²) in [5.41, 5.74) is 0. The van der Waals surface area contributed by atoms with E-state index >= 15 is 0 Å². The third-order valence-corrected chi connectivity index (χ3v) is 3.40. The van der Waals surface area contributed by atoms with Gasteiger partial charge in [-0.05, 0) is 25.8 Å². The normalized spacial score (nSPS) is 27.8. The Morgan fingerprint density at radius 3 is 3.00 bits per heavy atom. The van der Waals surface area contributed by atoms with Gasteiger partial charge in [0.05, 0.1) is 6.54 Å². The highest BCUT2D eigenvalue weighted by Gasteiger charge is 2.32. The number of carbonyl (C=O) groups excluding carboxylic acids is 1. The quantitative estimate of drug-likeness (QED) is 0.420. The zero-order valence-electron chi connectivity index (χ0n) is 10.3. The van der Waals surface area contributed by atoms with Crippen LogP contribution in [0.1, 0.15) is 19.3 Å². The molecule has 0 aromatic heterocycles. The maximum atomic E-state index is 12.0. The molecule has 4 N–H and O–H groups in total. The number of nitrogens with one attached hydrogen (secondary N) is 2. The van der Waals surface area contributed by atoms with Gasteiger partial charge in [-0.25, -0.2) is 0 Å². The molecule has 0 aromatic carbocycles. The molecular weight excluding hydrogens is 237 g/mol. The number of carbonyl (C=O) groups is 1. The third-order valence-electron chi connectivity index (χ3n) is 3.40. The van der Waals surface area contributed by atoms with Crippen LogP contribution >= 0.6 is 0 Å². The zero-order valence-corrected chi connectivity index (χ0v) is 10.3. The lowest BCUT2D eigenvalue weighted by Crippen LogP contribution is -2.46. The van der Waals surface area contributed by atoms with Gasteiger partial charge in [-0.3, -0.25) is 4.79 Å². The molecule has 0 bridgehead atoms. The summed E-state index contributed by atoms with van der Waals surface area (Å²) in [6, 6.07) is 0.347. The van der Waals surface area contributed by atoms with Crippen LogP contribution in [-0.2, 0) is 9.45 Å². The van der Waals surface area contributed by atoms with Crippen molar-refractivity contribution in [2.75, 3.05) is 26.2 Å². The Morgan fingerprint density at radius 1 is 1.50 bits per heavy atom. The summed E-state index contributed by atoms with van der Waals surface area (Å²) in [5.74, 6) is -0.0509. The molecule has 2 rings (SSSR count). The van der Waals surface area contributed by atoms with Gasteiger partial charge in [0.1, 0.15) is 6.23 Å². The van der Waals surface area contributed by atoms with Crippen molar-refractivity contribution in [1.29, 1.82) is 0 Å². The van der Waals surface area contributed by atoms with Crippen LogP contribution in [0.5, 0.6) is 0 Å². The average molecular weight is 257 g/mol. The first-order chi connectivity index (χ1) is 8.66. The number of hydrogen-bond acceptors (Lipinski definition) is 6. The fraction of sp³-hybridized carbons (Fsp3) is 0.900. The molecule has 2 atom stereocenters. The lowest BCUT2D eigenvalue weighted by atomic mass is 10.2. The van der Waals surface area contributed by atoms with Crippen LogP contribution in [0.15, 0.2) is 0 Å². The van der Waals surface area contributed by atoms with Crippen molar-refractivity contribution in [3.05, 3.63) is 0 Å². The van der Waals surface area contributed by atoms with Crippen molar-refractivity contribution in [3.63, 3.8) is 0 Å². The van der Waals surface area contributed by atoms with E-state index in [0.717, 1.165) is 25.9 Å². The van der Waals surface area contributed by atoms with E-state index in [4.69, 9.17) is 14.7 Å². The molecule has 7 nitrogen and oxygen atoms in total. The van der Waals surface area contributed by atoms with Crippen molar-refractivity contribution < 1.29 is 19.5 Å². The maximum Gasteiger partial charge on any atom is 0.635 e. The minimum absolute atomic E-state index is 0.0509. The van der Waals surface area contributed by atoms with Gasteiger partial charge < -0.3 is 30.2 Å². The molecule has 0 saturated carbocycles. The fourth-order valence-corrected chi connectivity index (χ4v) is 2.47. The summed E-state index contributed by atoms with van der Waals surface area (Å²) in [5, 5.41) is 24.0. The lowest BCUT2D eigenvalue weighted by molar-refractivity contribution is -0.136.